The Morgan fingerprint density at radius 1 is 1.35 bits per heavy atom. The Bertz CT molecular complexity index is 228. The Kier molecular flexibility index (Phi) is 6.75. The summed E-state index contributed by atoms with van der Waals surface area (Å²) in [7, 11) is 0. The van der Waals surface area contributed by atoms with E-state index in [9.17, 15) is 4.79 Å². The van der Waals surface area contributed by atoms with Crippen LogP contribution in [-0.4, -0.2) is 42.5 Å². The lowest BCUT2D eigenvalue weighted by Gasteiger charge is -2.29. The molecule has 1 atom stereocenters. The molecule has 1 unspecified atom stereocenters. The lowest BCUT2D eigenvalue weighted by molar-refractivity contribution is -0.118. The average molecular weight is 241 g/mol. The molecule has 1 aliphatic heterocycles. The first kappa shape index (κ1) is 14.7. The second-order valence-electron chi connectivity index (χ2n) is 5.36. The maximum Gasteiger partial charge on any atom is 0.131 e. The van der Waals surface area contributed by atoms with Gasteiger partial charge in [0.25, 0.3) is 0 Å². The molecule has 0 bridgehead atoms. The van der Waals surface area contributed by atoms with E-state index in [0.29, 0.717) is 24.3 Å². The minimum atomic E-state index is 0.299. The van der Waals surface area contributed by atoms with Crippen LogP contribution in [0.25, 0.3) is 0 Å². The van der Waals surface area contributed by atoms with Gasteiger partial charge in [0.05, 0.1) is 12.7 Å². The third-order valence-corrected chi connectivity index (χ3v) is 3.35. The van der Waals surface area contributed by atoms with Gasteiger partial charge in [0, 0.05) is 19.0 Å². The van der Waals surface area contributed by atoms with Crippen molar-refractivity contribution >= 4 is 5.78 Å². The summed E-state index contributed by atoms with van der Waals surface area (Å²) in [5, 5.41) is 0. The third kappa shape index (κ3) is 6.18. The van der Waals surface area contributed by atoms with Crippen LogP contribution >= 0.6 is 0 Å². The molecule has 1 aliphatic rings. The highest BCUT2D eigenvalue weighted by atomic mass is 16.5. The van der Waals surface area contributed by atoms with E-state index in [4.69, 9.17) is 4.74 Å². The average Bonchev–Trinajstić information content (AvgIpc) is 2.43. The second-order valence-corrected chi connectivity index (χ2v) is 5.36. The molecule has 0 aromatic carbocycles. The van der Waals surface area contributed by atoms with Gasteiger partial charge in [-0.2, -0.15) is 0 Å². The number of carbonyl (C=O) groups excluding carboxylic acids is 1. The molecule has 1 heterocycles. The lowest BCUT2D eigenvalue weighted by Crippen LogP contribution is -2.38. The molecule has 1 fully saturated rings. The van der Waals surface area contributed by atoms with E-state index in [1.807, 2.05) is 0 Å². The molecule has 0 aromatic rings. The monoisotopic (exact) mass is 241 g/mol. The van der Waals surface area contributed by atoms with E-state index in [2.05, 4.69) is 18.7 Å². The minimum absolute atomic E-state index is 0.299. The van der Waals surface area contributed by atoms with E-state index in [0.717, 1.165) is 19.7 Å². The number of ether oxygens (including phenoxy) is 1. The summed E-state index contributed by atoms with van der Waals surface area (Å²) in [6.45, 7) is 8.71. The number of likely N-dealkylation sites (tertiary alicyclic amines) is 1. The van der Waals surface area contributed by atoms with E-state index in [1.54, 1.807) is 6.92 Å². The number of rotatable bonds is 6. The van der Waals surface area contributed by atoms with Crippen molar-refractivity contribution in [3.05, 3.63) is 0 Å². The quantitative estimate of drug-likeness (QED) is 0.716. The van der Waals surface area contributed by atoms with Gasteiger partial charge in [-0.15, -0.1) is 0 Å². The number of carbonyl (C=O) groups is 1. The molecule has 1 rings (SSSR count). The maximum atomic E-state index is 11.3. The molecule has 0 aliphatic carbocycles. The van der Waals surface area contributed by atoms with Gasteiger partial charge in [0.2, 0.25) is 0 Å². The fraction of sp³-hybridized carbons (Fsp3) is 0.929. The maximum absolute atomic E-state index is 11.3. The summed E-state index contributed by atoms with van der Waals surface area (Å²) in [6.07, 6.45) is 6.00. The molecular formula is C14H27NO2. The molecule has 3 nitrogen and oxygen atoms in total. The predicted octanol–water partition coefficient (Wildman–Crippen LogP) is 2.64. The van der Waals surface area contributed by atoms with Crippen molar-refractivity contribution in [1.29, 1.82) is 0 Å². The molecule has 100 valence electrons. The van der Waals surface area contributed by atoms with Crippen molar-refractivity contribution in [2.24, 2.45) is 0 Å². The van der Waals surface area contributed by atoms with Gasteiger partial charge in [-0.3, -0.25) is 9.69 Å². The van der Waals surface area contributed by atoms with Gasteiger partial charge in [-0.25, -0.2) is 0 Å². The number of ketones is 1. The molecule has 0 radical (unpaired) electrons. The van der Waals surface area contributed by atoms with Gasteiger partial charge in [0.15, 0.2) is 0 Å². The van der Waals surface area contributed by atoms with Gasteiger partial charge in [-0.1, -0.05) is 12.8 Å². The normalized spacial score (nSPS) is 22.7. The SMILES string of the molecule is CC(=O)CC1CCCCCN1CCOC(C)C. The molecular weight excluding hydrogens is 214 g/mol. The van der Waals surface area contributed by atoms with Crippen LogP contribution in [0.1, 0.15) is 52.9 Å². The van der Waals surface area contributed by atoms with Crippen LogP contribution in [-0.2, 0) is 9.53 Å². The topological polar surface area (TPSA) is 29.5 Å². The van der Waals surface area contributed by atoms with Gasteiger partial charge in [-0.05, 0) is 40.2 Å². The number of Topliss-reactive ketones (excluding diaryl/α,β-unsaturated/α-hetero) is 1. The zero-order valence-corrected chi connectivity index (χ0v) is 11.6. The fourth-order valence-corrected chi connectivity index (χ4v) is 2.50. The molecule has 17 heavy (non-hydrogen) atoms. The molecule has 0 saturated carbocycles. The van der Waals surface area contributed by atoms with Gasteiger partial charge >= 0.3 is 0 Å². The Labute approximate surface area is 106 Å². The van der Waals surface area contributed by atoms with Crippen LogP contribution in [0.4, 0.5) is 0 Å². The summed E-state index contributed by atoms with van der Waals surface area (Å²) in [6, 6.07) is 0.450. The summed E-state index contributed by atoms with van der Waals surface area (Å²) >= 11 is 0. The Morgan fingerprint density at radius 2 is 2.12 bits per heavy atom. The van der Waals surface area contributed by atoms with Crippen molar-refractivity contribution in [1.82, 2.24) is 4.90 Å². The van der Waals surface area contributed by atoms with Crippen LogP contribution < -0.4 is 0 Å². The number of hydrogen-bond acceptors (Lipinski definition) is 3. The summed E-state index contributed by atoms with van der Waals surface area (Å²) < 4.78 is 5.61. The standard InChI is InChI=1S/C14H27NO2/c1-12(2)17-10-9-15-8-6-4-5-7-14(15)11-13(3)16/h12,14H,4-11H2,1-3H3. The van der Waals surface area contributed by atoms with Crippen LogP contribution in [0, 0.1) is 0 Å². The second kappa shape index (κ2) is 7.83. The molecule has 3 heteroatoms. The van der Waals surface area contributed by atoms with E-state index < -0.39 is 0 Å². The molecule has 0 spiro atoms. The summed E-state index contributed by atoms with van der Waals surface area (Å²) in [5.74, 6) is 0.312. The zero-order chi connectivity index (χ0) is 12.7. The minimum Gasteiger partial charge on any atom is -0.377 e. The Hall–Kier alpha value is -0.410. The van der Waals surface area contributed by atoms with Gasteiger partial charge < -0.3 is 4.74 Å². The number of hydrogen-bond donors (Lipinski definition) is 0. The summed E-state index contributed by atoms with van der Waals surface area (Å²) in [4.78, 5) is 13.7. The lowest BCUT2D eigenvalue weighted by atomic mass is 10.0. The van der Waals surface area contributed by atoms with E-state index in [-0.39, 0.29) is 0 Å². The highest BCUT2D eigenvalue weighted by molar-refractivity contribution is 5.76. The van der Waals surface area contributed by atoms with E-state index in [1.165, 1.54) is 25.7 Å². The van der Waals surface area contributed by atoms with Crippen molar-refractivity contribution in [3.8, 4) is 0 Å². The van der Waals surface area contributed by atoms with Crippen molar-refractivity contribution in [3.63, 3.8) is 0 Å². The zero-order valence-electron chi connectivity index (χ0n) is 11.6. The molecule has 0 amide bonds. The summed E-state index contributed by atoms with van der Waals surface area (Å²) in [5.41, 5.74) is 0. The van der Waals surface area contributed by atoms with Crippen LogP contribution in [0.15, 0.2) is 0 Å². The first-order valence-corrected chi connectivity index (χ1v) is 6.94. The Morgan fingerprint density at radius 3 is 2.76 bits per heavy atom. The first-order valence-electron chi connectivity index (χ1n) is 6.94. The Balaban J connectivity index is 2.41. The first-order chi connectivity index (χ1) is 8.09. The highest BCUT2D eigenvalue weighted by Gasteiger charge is 2.21. The molecule has 0 N–H and O–H groups in total. The van der Waals surface area contributed by atoms with Crippen molar-refractivity contribution < 1.29 is 9.53 Å². The van der Waals surface area contributed by atoms with Crippen molar-refractivity contribution in [2.75, 3.05) is 19.7 Å². The van der Waals surface area contributed by atoms with Crippen LogP contribution in [0.5, 0.6) is 0 Å². The van der Waals surface area contributed by atoms with Crippen LogP contribution in [0.2, 0.25) is 0 Å². The van der Waals surface area contributed by atoms with Crippen LogP contribution in [0.3, 0.4) is 0 Å². The highest BCUT2D eigenvalue weighted by Crippen LogP contribution is 2.19. The predicted molar refractivity (Wildman–Crippen MR) is 70.2 cm³/mol. The smallest absolute Gasteiger partial charge is 0.131 e. The largest absolute Gasteiger partial charge is 0.377 e. The van der Waals surface area contributed by atoms with Gasteiger partial charge in [0.1, 0.15) is 5.78 Å². The number of nitrogens with zero attached hydrogens (tertiary/aromatic N) is 1. The molecule has 0 aromatic heterocycles. The fourth-order valence-electron chi connectivity index (χ4n) is 2.50. The van der Waals surface area contributed by atoms with E-state index >= 15 is 0 Å². The molecule has 1 saturated heterocycles. The third-order valence-electron chi connectivity index (χ3n) is 3.35. The van der Waals surface area contributed by atoms with Crippen molar-refractivity contribution in [2.45, 2.75) is 65.0 Å².